The molecule has 11 heavy (non-hydrogen) atoms. The molecule has 0 aromatic carbocycles. The highest BCUT2D eigenvalue weighted by Gasteiger charge is 2.02. The normalized spacial score (nSPS) is 9.27. The zero-order valence-electron chi connectivity index (χ0n) is 6.63. The Morgan fingerprint density at radius 3 is 2.73 bits per heavy atom. The van der Waals surface area contributed by atoms with Crippen molar-refractivity contribution in [3.63, 3.8) is 0 Å². The molecule has 0 unspecified atom stereocenters. The van der Waals surface area contributed by atoms with Gasteiger partial charge in [0.25, 0.3) is 0 Å². The zero-order chi connectivity index (χ0) is 8.27. The summed E-state index contributed by atoms with van der Waals surface area (Å²) in [6.45, 7) is 5.30. The van der Waals surface area contributed by atoms with Crippen molar-refractivity contribution in [2.75, 3.05) is 12.4 Å². The average molecular weight is 150 g/mol. The minimum absolute atomic E-state index is 0.715. The third kappa shape index (κ3) is 1.34. The summed E-state index contributed by atoms with van der Waals surface area (Å²) in [4.78, 5) is 11.7. The maximum atomic E-state index is 3.97. The minimum atomic E-state index is 0.715. The van der Waals surface area contributed by atoms with Gasteiger partial charge in [0.05, 0.1) is 5.69 Å². The van der Waals surface area contributed by atoms with E-state index in [0.717, 1.165) is 11.4 Å². The SMILES string of the molecule is C=Nc1c(C)ncnc1NC. The van der Waals surface area contributed by atoms with Crippen LogP contribution in [0.15, 0.2) is 11.3 Å². The molecule has 0 aliphatic carbocycles. The van der Waals surface area contributed by atoms with Crippen LogP contribution in [0.1, 0.15) is 5.69 Å². The predicted molar refractivity (Wildman–Crippen MR) is 45.5 cm³/mol. The van der Waals surface area contributed by atoms with Gasteiger partial charge in [-0.1, -0.05) is 0 Å². The van der Waals surface area contributed by atoms with Gasteiger partial charge >= 0.3 is 0 Å². The lowest BCUT2D eigenvalue weighted by molar-refractivity contribution is 1.09. The van der Waals surface area contributed by atoms with E-state index in [1.165, 1.54) is 6.33 Å². The fourth-order valence-electron chi connectivity index (χ4n) is 0.839. The molecular weight excluding hydrogens is 140 g/mol. The zero-order valence-corrected chi connectivity index (χ0v) is 6.63. The molecule has 58 valence electrons. The van der Waals surface area contributed by atoms with Crippen LogP contribution < -0.4 is 5.32 Å². The standard InChI is InChI=1S/C7H10N4/c1-5-6(8-2)7(9-3)11-4-10-5/h4H,2H2,1,3H3,(H,9,10,11). The van der Waals surface area contributed by atoms with Gasteiger partial charge in [-0.05, 0) is 13.6 Å². The molecule has 0 aliphatic rings. The van der Waals surface area contributed by atoms with Crippen LogP contribution in [0.5, 0.6) is 0 Å². The second kappa shape index (κ2) is 3.09. The van der Waals surface area contributed by atoms with Crippen molar-refractivity contribution in [1.29, 1.82) is 0 Å². The van der Waals surface area contributed by atoms with Crippen molar-refractivity contribution >= 4 is 18.2 Å². The van der Waals surface area contributed by atoms with Crippen molar-refractivity contribution in [3.05, 3.63) is 12.0 Å². The van der Waals surface area contributed by atoms with Crippen LogP contribution in [0.2, 0.25) is 0 Å². The molecule has 1 aromatic heterocycles. The number of hydrogen-bond acceptors (Lipinski definition) is 4. The van der Waals surface area contributed by atoms with Crippen LogP contribution in [0.3, 0.4) is 0 Å². The topological polar surface area (TPSA) is 50.2 Å². The summed E-state index contributed by atoms with van der Waals surface area (Å²) in [6.07, 6.45) is 1.50. The van der Waals surface area contributed by atoms with Crippen LogP contribution in [0.25, 0.3) is 0 Å². The van der Waals surface area contributed by atoms with Crippen molar-refractivity contribution in [3.8, 4) is 0 Å². The predicted octanol–water partition coefficient (Wildman–Crippen LogP) is 1.16. The summed E-state index contributed by atoms with van der Waals surface area (Å²) < 4.78 is 0. The van der Waals surface area contributed by atoms with Crippen molar-refractivity contribution in [2.45, 2.75) is 6.92 Å². The van der Waals surface area contributed by atoms with Crippen molar-refractivity contribution in [1.82, 2.24) is 9.97 Å². The molecule has 1 heterocycles. The van der Waals surface area contributed by atoms with Crippen LogP contribution in [-0.4, -0.2) is 23.7 Å². The first-order chi connectivity index (χ1) is 5.29. The highest BCUT2D eigenvalue weighted by molar-refractivity contribution is 5.64. The Bertz CT molecular complexity index is 269. The first kappa shape index (κ1) is 7.65. The molecule has 1 aromatic rings. The average Bonchev–Trinajstić information content (AvgIpc) is 2.04. The molecule has 0 aliphatic heterocycles. The van der Waals surface area contributed by atoms with E-state index >= 15 is 0 Å². The van der Waals surface area contributed by atoms with E-state index in [2.05, 4.69) is 27.0 Å². The molecule has 4 heteroatoms. The molecule has 0 radical (unpaired) electrons. The fraction of sp³-hybridized carbons (Fsp3) is 0.286. The van der Waals surface area contributed by atoms with E-state index in [9.17, 15) is 0 Å². The van der Waals surface area contributed by atoms with E-state index in [1.54, 1.807) is 7.05 Å². The minimum Gasteiger partial charge on any atom is -0.371 e. The molecular formula is C7H10N4. The van der Waals surface area contributed by atoms with Gasteiger partial charge in [-0.3, -0.25) is 4.99 Å². The number of aromatic nitrogens is 2. The lowest BCUT2D eigenvalue weighted by Crippen LogP contribution is -1.95. The summed E-state index contributed by atoms with van der Waals surface area (Å²) in [6, 6.07) is 0. The van der Waals surface area contributed by atoms with E-state index in [1.807, 2.05) is 6.92 Å². The smallest absolute Gasteiger partial charge is 0.155 e. The van der Waals surface area contributed by atoms with Crippen molar-refractivity contribution in [2.24, 2.45) is 4.99 Å². The van der Waals surface area contributed by atoms with Gasteiger partial charge in [-0.2, -0.15) is 0 Å². The first-order valence-corrected chi connectivity index (χ1v) is 3.25. The highest BCUT2D eigenvalue weighted by atomic mass is 15.0. The Labute approximate surface area is 65.4 Å². The summed E-state index contributed by atoms with van der Waals surface area (Å²) in [7, 11) is 1.79. The molecule has 1 N–H and O–H groups in total. The molecule has 0 amide bonds. The second-order valence-corrected chi connectivity index (χ2v) is 2.06. The number of aryl methyl sites for hydroxylation is 1. The molecule has 0 atom stereocenters. The first-order valence-electron chi connectivity index (χ1n) is 3.25. The third-order valence-electron chi connectivity index (χ3n) is 1.40. The monoisotopic (exact) mass is 150 g/mol. The van der Waals surface area contributed by atoms with Crippen molar-refractivity contribution < 1.29 is 0 Å². The maximum Gasteiger partial charge on any atom is 0.155 e. The van der Waals surface area contributed by atoms with Crippen LogP contribution >= 0.6 is 0 Å². The van der Waals surface area contributed by atoms with Gasteiger partial charge in [0, 0.05) is 7.05 Å². The number of anilines is 1. The molecule has 0 fully saturated rings. The number of aliphatic imine (C=N–C) groups is 1. The van der Waals surface area contributed by atoms with Crippen LogP contribution in [-0.2, 0) is 0 Å². The second-order valence-electron chi connectivity index (χ2n) is 2.06. The Morgan fingerprint density at radius 2 is 2.27 bits per heavy atom. The van der Waals surface area contributed by atoms with Gasteiger partial charge in [0.1, 0.15) is 12.0 Å². The Kier molecular flexibility index (Phi) is 2.15. The summed E-state index contributed by atoms with van der Waals surface area (Å²) in [5.41, 5.74) is 1.55. The van der Waals surface area contributed by atoms with Gasteiger partial charge in [0.2, 0.25) is 0 Å². The van der Waals surface area contributed by atoms with Gasteiger partial charge < -0.3 is 5.32 Å². The highest BCUT2D eigenvalue weighted by Crippen LogP contribution is 2.22. The van der Waals surface area contributed by atoms with E-state index in [0.29, 0.717) is 5.82 Å². The molecule has 1 rings (SSSR count). The van der Waals surface area contributed by atoms with E-state index < -0.39 is 0 Å². The maximum absolute atomic E-state index is 3.97. The molecule has 0 bridgehead atoms. The number of hydrogen-bond donors (Lipinski definition) is 1. The van der Waals surface area contributed by atoms with Gasteiger partial charge in [-0.15, -0.1) is 0 Å². The lowest BCUT2D eigenvalue weighted by atomic mass is 10.3. The lowest BCUT2D eigenvalue weighted by Gasteiger charge is -2.03. The quantitative estimate of drug-likeness (QED) is 0.643. The number of nitrogens with zero attached hydrogens (tertiary/aromatic N) is 3. The Balaban J connectivity index is 3.24. The van der Waals surface area contributed by atoms with Gasteiger partial charge in [0.15, 0.2) is 5.82 Å². The molecule has 0 saturated heterocycles. The Morgan fingerprint density at radius 1 is 1.55 bits per heavy atom. The third-order valence-corrected chi connectivity index (χ3v) is 1.40. The van der Waals surface area contributed by atoms with Crippen LogP contribution in [0, 0.1) is 6.92 Å². The Hall–Kier alpha value is -1.45. The summed E-state index contributed by atoms with van der Waals surface area (Å²) >= 11 is 0. The molecule has 0 spiro atoms. The van der Waals surface area contributed by atoms with Crippen LogP contribution in [0.4, 0.5) is 11.5 Å². The molecule has 4 nitrogen and oxygen atoms in total. The fourth-order valence-corrected chi connectivity index (χ4v) is 0.839. The van der Waals surface area contributed by atoms with E-state index in [-0.39, 0.29) is 0 Å². The largest absolute Gasteiger partial charge is 0.371 e. The summed E-state index contributed by atoms with van der Waals surface area (Å²) in [5, 5.41) is 2.90. The van der Waals surface area contributed by atoms with E-state index in [4.69, 9.17) is 0 Å². The van der Waals surface area contributed by atoms with Gasteiger partial charge in [-0.25, -0.2) is 9.97 Å². The number of rotatable bonds is 2. The molecule has 0 saturated carbocycles. The summed E-state index contributed by atoms with van der Waals surface area (Å²) in [5.74, 6) is 0.715. The number of nitrogens with one attached hydrogen (secondary N) is 1.